The highest BCUT2D eigenvalue weighted by Crippen LogP contribution is 2.24. The van der Waals surface area contributed by atoms with Gasteiger partial charge in [0.2, 0.25) is 0 Å². The molecule has 10 heteroatoms. The fourth-order valence-corrected chi connectivity index (χ4v) is 25.2. The Morgan fingerprint density at radius 1 is 0.333 bits per heavy atom. The average Bonchev–Trinajstić information content (AvgIpc) is 2.88. The van der Waals surface area contributed by atoms with Crippen molar-refractivity contribution in [1.29, 1.82) is 0 Å². The van der Waals surface area contributed by atoms with Crippen molar-refractivity contribution in [3.63, 3.8) is 0 Å². The van der Waals surface area contributed by atoms with Crippen LogP contribution in [0, 0.1) is 0 Å². The summed E-state index contributed by atoms with van der Waals surface area (Å²) >= 11 is 0. The molecule has 0 saturated carbocycles. The summed E-state index contributed by atoms with van der Waals surface area (Å²) in [5.41, 5.74) is 13.4. The molecule has 0 saturated heterocycles. The van der Waals surface area contributed by atoms with E-state index in [1.807, 2.05) is 0 Å². The summed E-state index contributed by atoms with van der Waals surface area (Å²) in [5, 5.41) is 0. The molecule has 0 aliphatic heterocycles. The van der Waals surface area contributed by atoms with Gasteiger partial charge in [0.25, 0.3) is 0 Å². The van der Waals surface area contributed by atoms with Gasteiger partial charge in [-0.3, -0.25) is 0 Å². The van der Waals surface area contributed by atoms with Crippen molar-refractivity contribution in [3.8, 4) is 0 Å². The maximum Gasteiger partial charge on any atom is 0.146 e. The highest BCUT2D eigenvalue weighted by atomic mass is 28.4. The Kier molecular flexibility index (Phi) is 19.6. The number of nitrogens with zero attached hydrogens (tertiary/aromatic N) is 4. The van der Waals surface area contributed by atoms with Crippen LogP contribution in [0.1, 0.15) is 14.9 Å². The maximum absolute atomic E-state index is 4.29. The standard InChI is InChI=1S/C30H66N4Si6.2CH4/c1-19-35(7,8)31(27-29-33(37(11,12)21-3)38(13,14)22-4)25-26-32(36(9,10)20-2)28-30-34(39(15,16)23-5)40(17,18)24-6;;/h19-24H,1-6,25-30H2,7-18H3;2*1H4. The molecule has 0 rings (SSSR count). The average molecular weight is 683 g/mol. The van der Waals surface area contributed by atoms with Gasteiger partial charge in [-0.15, -0.1) is 39.5 Å². The Bertz CT molecular complexity index is 783. The Morgan fingerprint density at radius 3 is 0.667 bits per heavy atom. The molecule has 0 heterocycles. The number of rotatable bonds is 21. The molecule has 0 N–H and O–H groups in total. The molecule has 42 heavy (non-hydrogen) atoms. The van der Waals surface area contributed by atoms with E-state index in [9.17, 15) is 0 Å². The Balaban J connectivity index is -0.00000760. The lowest BCUT2D eigenvalue weighted by Crippen LogP contribution is -2.64. The van der Waals surface area contributed by atoms with Crippen LogP contribution in [0.15, 0.2) is 73.7 Å². The molecular weight excluding hydrogens is 609 g/mol. The fourth-order valence-electron chi connectivity index (χ4n) is 5.40. The van der Waals surface area contributed by atoms with Gasteiger partial charge >= 0.3 is 0 Å². The third-order valence-electron chi connectivity index (χ3n) is 9.24. The van der Waals surface area contributed by atoms with Crippen molar-refractivity contribution >= 4 is 49.4 Å². The minimum Gasteiger partial charge on any atom is -0.338 e. The first kappa shape index (κ1) is 46.0. The van der Waals surface area contributed by atoms with Gasteiger partial charge in [0.1, 0.15) is 49.4 Å². The maximum atomic E-state index is 4.29. The fraction of sp³-hybridized carbons (Fsp3) is 0.625. The molecule has 0 aromatic carbocycles. The molecule has 246 valence electrons. The normalized spacial score (nSPS) is 13.4. The molecule has 0 aliphatic carbocycles. The topological polar surface area (TPSA) is 13.0 Å². The van der Waals surface area contributed by atoms with E-state index in [4.69, 9.17) is 0 Å². The van der Waals surface area contributed by atoms with E-state index < -0.39 is 49.4 Å². The summed E-state index contributed by atoms with van der Waals surface area (Å²) in [6.45, 7) is 61.0. The van der Waals surface area contributed by atoms with Crippen molar-refractivity contribution in [3.05, 3.63) is 73.7 Å². The van der Waals surface area contributed by atoms with Gasteiger partial charge in [0.15, 0.2) is 0 Å². The van der Waals surface area contributed by atoms with E-state index in [1.54, 1.807) is 0 Å². The number of hydrogen-bond acceptors (Lipinski definition) is 4. The van der Waals surface area contributed by atoms with Gasteiger partial charge in [0.05, 0.1) is 0 Å². The molecule has 4 nitrogen and oxygen atoms in total. The predicted molar refractivity (Wildman–Crippen MR) is 216 cm³/mol. The second-order valence-corrected chi connectivity index (χ2v) is 41.0. The van der Waals surface area contributed by atoms with Gasteiger partial charge < -0.3 is 17.6 Å². The highest BCUT2D eigenvalue weighted by molar-refractivity contribution is 6.95. The zero-order chi connectivity index (χ0) is 31.8. The van der Waals surface area contributed by atoms with E-state index in [-0.39, 0.29) is 14.9 Å². The van der Waals surface area contributed by atoms with Crippen LogP contribution in [-0.4, -0.2) is 106 Å². The third-order valence-corrected chi connectivity index (χ3v) is 32.8. The van der Waals surface area contributed by atoms with Crippen LogP contribution in [0.25, 0.3) is 0 Å². The zero-order valence-corrected chi connectivity index (χ0v) is 34.7. The van der Waals surface area contributed by atoms with Gasteiger partial charge in [-0.05, 0) is 13.1 Å². The van der Waals surface area contributed by atoms with Gasteiger partial charge in [0, 0.05) is 26.2 Å². The molecule has 0 spiro atoms. The minimum absolute atomic E-state index is 0. The van der Waals surface area contributed by atoms with E-state index in [0.717, 1.165) is 39.3 Å². The first-order valence-corrected chi connectivity index (χ1v) is 33.1. The summed E-state index contributed by atoms with van der Waals surface area (Å²) in [6.07, 6.45) is 0. The lowest BCUT2D eigenvalue weighted by atomic mass is 10.5. The highest BCUT2D eigenvalue weighted by Gasteiger charge is 2.40. The first-order chi connectivity index (χ1) is 18.0. The van der Waals surface area contributed by atoms with Crippen molar-refractivity contribution < 1.29 is 0 Å². The zero-order valence-electron chi connectivity index (χ0n) is 28.7. The first-order valence-electron chi connectivity index (χ1n) is 14.9. The molecule has 0 fully saturated rings. The van der Waals surface area contributed by atoms with E-state index in [2.05, 4.69) is 170 Å². The van der Waals surface area contributed by atoms with Crippen LogP contribution in [0.4, 0.5) is 0 Å². The van der Waals surface area contributed by atoms with E-state index >= 15 is 0 Å². The van der Waals surface area contributed by atoms with Crippen LogP contribution >= 0.6 is 0 Å². The SMILES string of the molecule is C.C.C=C[Si](C)(C)N(CCN(CCN([Si](C)(C)C=C)[Si](C)(C)C=C)[Si](C)(C)C=C)CCN([Si](C)(C)C=C)[Si](C)(C)C=C. The quantitative estimate of drug-likeness (QED) is 0.112. The van der Waals surface area contributed by atoms with Crippen LogP contribution in [-0.2, 0) is 0 Å². The van der Waals surface area contributed by atoms with Gasteiger partial charge in [-0.25, -0.2) is 0 Å². The molecular formula is C32H74N4Si6. The summed E-state index contributed by atoms with van der Waals surface area (Å²) < 4.78 is 11.2. The third kappa shape index (κ3) is 12.5. The largest absolute Gasteiger partial charge is 0.338 e. The van der Waals surface area contributed by atoms with E-state index in [1.165, 1.54) is 0 Å². The predicted octanol–water partition coefficient (Wildman–Crippen LogP) is 9.05. The molecule has 0 radical (unpaired) electrons. The minimum atomic E-state index is -1.77. The summed E-state index contributed by atoms with van der Waals surface area (Å²) in [5.74, 6) is 0. The van der Waals surface area contributed by atoms with Crippen molar-refractivity contribution in [2.24, 2.45) is 0 Å². The van der Waals surface area contributed by atoms with Crippen molar-refractivity contribution in [1.82, 2.24) is 17.6 Å². The van der Waals surface area contributed by atoms with Gasteiger partial charge in [-0.2, -0.15) is 0 Å². The molecule has 0 atom stereocenters. The Labute approximate surface area is 272 Å². The number of hydrogen-bond donors (Lipinski definition) is 0. The molecule has 0 aromatic heterocycles. The summed E-state index contributed by atoms with van der Waals surface area (Å²) in [6, 6.07) is 0. The smallest absolute Gasteiger partial charge is 0.146 e. The van der Waals surface area contributed by atoms with Crippen LogP contribution in [0.2, 0.25) is 78.6 Å². The Hall–Kier alpha value is -0.419. The van der Waals surface area contributed by atoms with Gasteiger partial charge in [-0.1, -0.05) is 128 Å². The monoisotopic (exact) mass is 682 g/mol. The van der Waals surface area contributed by atoms with Crippen LogP contribution in [0.5, 0.6) is 0 Å². The molecule has 0 aliphatic rings. The Morgan fingerprint density at radius 2 is 0.500 bits per heavy atom. The lowest BCUT2D eigenvalue weighted by Gasteiger charge is -2.47. The molecule has 0 bridgehead atoms. The summed E-state index contributed by atoms with van der Waals surface area (Å²) in [4.78, 5) is 0. The van der Waals surface area contributed by atoms with Crippen LogP contribution in [0.3, 0.4) is 0 Å². The van der Waals surface area contributed by atoms with Crippen LogP contribution < -0.4 is 0 Å². The second kappa shape index (κ2) is 17.9. The molecule has 0 unspecified atom stereocenters. The molecule has 0 aromatic rings. The van der Waals surface area contributed by atoms with E-state index in [0.29, 0.717) is 0 Å². The second-order valence-electron chi connectivity index (χ2n) is 14.4. The summed E-state index contributed by atoms with van der Waals surface area (Å²) in [7, 11) is -10.5. The lowest BCUT2D eigenvalue weighted by molar-refractivity contribution is 0.329. The van der Waals surface area contributed by atoms with Crippen molar-refractivity contribution in [2.75, 3.05) is 39.3 Å². The van der Waals surface area contributed by atoms with Crippen molar-refractivity contribution in [2.45, 2.75) is 93.4 Å². The molecule has 0 amide bonds.